The lowest BCUT2D eigenvalue weighted by atomic mass is 10.0. The van der Waals surface area contributed by atoms with Gasteiger partial charge < -0.3 is 5.32 Å². The van der Waals surface area contributed by atoms with Gasteiger partial charge in [0.15, 0.2) is 0 Å². The summed E-state index contributed by atoms with van der Waals surface area (Å²) in [5.41, 5.74) is 7.85. The molecule has 0 saturated carbocycles. The van der Waals surface area contributed by atoms with Crippen LogP contribution in [0.5, 0.6) is 0 Å². The van der Waals surface area contributed by atoms with Crippen molar-refractivity contribution in [3.05, 3.63) is 106 Å². The van der Waals surface area contributed by atoms with Gasteiger partial charge in [-0.15, -0.1) is 0 Å². The van der Waals surface area contributed by atoms with E-state index in [4.69, 9.17) is 0 Å². The second kappa shape index (κ2) is 9.54. The molecule has 0 amide bonds. The Morgan fingerprint density at radius 3 is 2.42 bits per heavy atom. The summed E-state index contributed by atoms with van der Waals surface area (Å²) in [5, 5.41) is 3.50. The minimum Gasteiger partial charge on any atom is -0.312 e. The molecule has 31 heavy (non-hydrogen) atoms. The first-order valence-electron chi connectivity index (χ1n) is 10.4. The van der Waals surface area contributed by atoms with E-state index in [1.165, 1.54) is 22.8 Å². The number of allylic oxidation sites excluding steroid dienone is 2. The predicted octanol–water partition coefficient (Wildman–Crippen LogP) is 6.07. The fraction of sp³-hybridized carbons (Fsp3) is 0.185. The molecule has 1 unspecified atom stereocenters. The molecule has 0 heterocycles. The first-order chi connectivity index (χ1) is 15.0. The Hall–Kier alpha value is -2.82. The molecule has 0 spiro atoms. The molecule has 1 atom stereocenters. The molecule has 1 aliphatic carbocycles. The maximum Gasteiger partial charge on any atom is 0.123 e. The molecule has 158 valence electrons. The van der Waals surface area contributed by atoms with Crippen LogP contribution in [0.3, 0.4) is 0 Å². The van der Waals surface area contributed by atoms with E-state index in [1.807, 2.05) is 48.5 Å². The number of benzene rings is 3. The van der Waals surface area contributed by atoms with Crippen molar-refractivity contribution in [1.82, 2.24) is 5.32 Å². The Balaban J connectivity index is 1.57. The van der Waals surface area contributed by atoms with Crippen LogP contribution in [0.15, 0.2) is 83.3 Å². The molecule has 1 aliphatic rings. The van der Waals surface area contributed by atoms with Gasteiger partial charge in [-0.3, -0.25) is 4.21 Å². The van der Waals surface area contributed by atoms with Gasteiger partial charge in [0.05, 0.1) is 0 Å². The SMILES string of the molecule is CC1=C(CCNCc2ccccc2)c2cc(F)ccc2/C1=C\c1ccc(S(C)=O)cc1. The van der Waals surface area contributed by atoms with Crippen LogP contribution >= 0.6 is 0 Å². The van der Waals surface area contributed by atoms with Crippen molar-refractivity contribution in [2.45, 2.75) is 24.8 Å². The summed E-state index contributed by atoms with van der Waals surface area (Å²) in [6.45, 7) is 3.75. The Kier molecular flexibility index (Phi) is 6.59. The molecule has 3 aromatic rings. The number of hydrogen-bond acceptors (Lipinski definition) is 2. The molecule has 2 nitrogen and oxygen atoms in total. The fourth-order valence-corrected chi connectivity index (χ4v) is 4.56. The molecule has 0 saturated heterocycles. The van der Waals surface area contributed by atoms with Crippen LogP contribution in [-0.4, -0.2) is 17.0 Å². The summed E-state index contributed by atoms with van der Waals surface area (Å²) < 4.78 is 25.7. The molecule has 0 radical (unpaired) electrons. The van der Waals surface area contributed by atoms with Crippen LogP contribution < -0.4 is 5.32 Å². The molecular weight excluding hydrogens is 405 g/mol. The molecule has 0 fully saturated rings. The largest absolute Gasteiger partial charge is 0.312 e. The molecule has 4 rings (SSSR count). The standard InChI is InChI=1S/C27H26FNOS/c1-19-24(14-15-29-18-21-6-4-3-5-7-21)27-17-22(28)10-13-25(27)26(19)16-20-8-11-23(12-9-20)31(2)30/h3-13,16-17,29H,14-15,18H2,1-2H3/b26-16-. The number of halogens is 1. The molecule has 1 N–H and O–H groups in total. The highest BCUT2D eigenvalue weighted by Crippen LogP contribution is 2.43. The van der Waals surface area contributed by atoms with Crippen LogP contribution in [0.1, 0.15) is 35.6 Å². The zero-order chi connectivity index (χ0) is 21.8. The second-order valence-electron chi connectivity index (χ2n) is 7.79. The van der Waals surface area contributed by atoms with Crippen LogP contribution in [0.4, 0.5) is 4.39 Å². The average molecular weight is 432 g/mol. The maximum absolute atomic E-state index is 14.1. The van der Waals surface area contributed by atoms with Gasteiger partial charge in [0.1, 0.15) is 5.82 Å². The second-order valence-corrected chi connectivity index (χ2v) is 9.17. The minimum absolute atomic E-state index is 0.211. The van der Waals surface area contributed by atoms with Crippen molar-refractivity contribution in [3.63, 3.8) is 0 Å². The number of fused-ring (bicyclic) bond motifs is 1. The zero-order valence-electron chi connectivity index (χ0n) is 17.8. The summed E-state index contributed by atoms with van der Waals surface area (Å²) in [7, 11) is -0.990. The number of nitrogens with one attached hydrogen (secondary N) is 1. The predicted molar refractivity (Wildman–Crippen MR) is 128 cm³/mol. The molecule has 4 heteroatoms. The summed E-state index contributed by atoms with van der Waals surface area (Å²) in [6, 6.07) is 23.1. The van der Waals surface area contributed by atoms with Gasteiger partial charge in [0.25, 0.3) is 0 Å². The Morgan fingerprint density at radius 2 is 1.71 bits per heavy atom. The molecule has 0 bridgehead atoms. The van der Waals surface area contributed by atoms with E-state index in [-0.39, 0.29) is 5.82 Å². The van der Waals surface area contributed by atoms with Gasteiger partial charge in [0, 0.05) is 28.5 Å². The van der Waals surface area contributed by atoms with E-state index < -0.39 is 10.8 Å². The Morgan fingerprint density at radius 1 is 0.968 bits per heavy atom. The normalized spacial score (nSPS) is 15.4. The first-order valence-corrected chi connectivity index (χ1v) is 12.0. The highest BCUT2D eigenvalue weighted by atomic mass is 32.2. The highest BCUT2D eigenvalue weighted by molar-refractivity contribution is 7.84. The molecule has 3 aromatic carbocycles. The van der Waals surface area contributed by atoms with Gasteiger partial charge in [-0.25, -0.2) is 4.39 Å². The summed E-state index contributed by atoms with van der Waals surface area (Å²) in [6.07, 6.45) is 4.65. The lowest BCUT2D eigenvalue weighted by Gasteiger charge is -2.08. The van der Waals surface area contributed by atoms with Crippen molar-refractivity contribution >= 4 is 28.0 Å². The average Bonchev–Trinajstić information content (AvgIpc) is 3.02. The van der Waals surface area contributed by atoms with Crippen LogP contribution in [-0.2, 0) is 17.3 Å². The third-order valence-electron chi connectivity index (χ3n) is 5.70. The van der Waals surface area contributed by atoms with E-state index in [9.17, 15) is 8.60 Å². The maximum atomic E-state index is 14.1. The third-order valence-corrected chi connectivity index (χ3v) is 6.64. The smallest absolute Gasteiger partial charge is 0.123 e. The van der Waals surface area contributed by atoms with E-state index >= 15 is 0 Å². The molecule has 0 aliphatic heterocycles. The number of rotatable bonds is 7. The van der Waals surface area contributed by atoms with Crippen molar-refractivity contribution in [3.8, 4) is 0 Å². The van der Waals surface area contributed by atoms with Crippen molar-refractivity contribution in [2.75, 3.05) is 12.8 Å². The third kappa shape index (κ3) is 4.92. The van der Waals surface area contributed by atoms with Gasteiger partial charge >= 0.3 is 0 Å². The van der Waals surface area contributed by atoms with Crippen LogP contribution in [0.25, 0.3) is 17.2 Å². The van der Waals surface area contributed by atoms with Crippen LogP contribution in [0, 0.1) is 5.82 Å². The quantitative estimate of drug-likeness (QED) is 0.460. The van der Waals surface area contributed by atoms with E-state index in [0.717, 1.165) is 46.7 Å². The van der Waals surface area contributed by atoms with Gasteiger partial charge in [-0.2, -0.15) is 0 Å². The van der Waals surface area contributed by atoms with Crippen molar-refractivity contribution < 1.29 is 8.60 Å². The van der Waals surface area contributed by atoms with E-state index in [2.05, 4.69) is 30.4 Å². The topological polar surface area (TPSA) is 29.1 Å². The van der Waals surface area contributed by atoms with Crippen molar-refractivity contribution in [1.29, 1.82) is 0 Å². The highest BCUT2D eigenvalue weighted by Gasteiger charge is 2.23. The Labute approximate surface area is 186 Å². The fourth-order valence-electron chi connectivity index (χ4n) is 4.04. The zero-order valence-corrected chi connectivity index (χ0v) is 18.6. The minimum atomic E-state index is -0.990. The van der Waals surface area contributed by atoms with Crippen LogP contribution in [0.2, 0.25) is 0 Å². The molecular formula is C27H26FNOS. The van der Waals surface area contributed by atoms with Gasteiger partial charge in [-0.1, -0.05) is 48.5 Å². The van der Waals surface area contributed by atoms with E-state index in [0.29, 0.717) is 0 Å². The lowest BCUT2D eigenvalue weighted by molar-refractivity contribution is 0.627. The van der Waals surface area contributed by atoms with Gasteiger partial charge in [0.2, 0.25) is 0 Å². The summed E-state index contributed by atoms with van der Waals surface area (Å²) >= 11 is 0. The first kappa shape index (κ1) is 21.4. The van der Waals surface area contributed by atoms with E-state index in [1.54, 1.807) is 12.3 Å². The Bertz CT molecular complexity index is 1160. The number of hydrogen-bond donors (Lipinski definition) is 1. The summed E-state index contributed by atoms with van der Waals surface area (Å²) in [5.74, 6) is -0.211. The molecule has 0 aromatic heterocycles. The lowest BCUT2D eigenvalue weighted by Crippen LogP contribution is -2.15. The summed E-state index contributed by atoms with van der Waals surface area (Å²) in [4.78, 5) is 0.813. The van der Waals surface area contributed by atoms with Gasteiger partial charge in [-0.05, 0) is 89.2 Å². The monoisotopic (exact) mass is 431 g/mol. The van der Waals surface area contributed by atoms with Crippen molar-refractivity contribution in [2.24, 2.45) is 0 Å².